The molecule has 2 saturated heterocycles. The molecule has 1 aromatic carbocycles. The number of ether oxygens (including phenoxy) is 3. The molecule has 0 radical (unpaired) electrons. The molecule has 0 unspecified atom stereocenters. The molecule has 2 heterocycles. The van der Waals surface area contributed by atoms with Gasteiger partial charge in [-0.2, -0.15) is 0 Å². The monoisotopic (exact) mass is 374 g/mol. The van der Waals surface area contributed by atoms with Crippen LogP contribution in [0.5, 0.6) is 5.75 Å². The SMILES string of the molecule is O=C(CN1CCC2(CC1)OCCO2)NCc1ccccc1OC(F)(F)F. The van der Waals surface area contributed by atoms with Crippen LogP contribution in [-0.4, -0.2) is 55.8 Å². The van der Waals surface area contributed by atoms with Crippen LogP contribution in [0.4, 0.5) is 13.2 Å². The van der Waals surface area contributed by atoms with Crippen molar-refractivity contribution in [1.29, 1.82) is 0 Å². The zero-order valence-corrected chi connectivity index (χ0v) is 14.2. The lowest BCUT2D eigenvalue weighted by Gasteiger charge is -2.37. The zero-order valence-electron chi connectivity index (χ0n) is 14.2. The van der Waals surface area contributed by atoms with E-state index in [0.29, 0.717) is 39.1 Å². The number of amides is 1. The topological polar surface area (TPSA) is 60.0 Å². The molecule has 0 aromatic heterocycles. The normalized spacial score (nSPS) is 20.3. The van der Waals surface area contributed by atoms with E-state index in [1.807, 2.05) is 4.90 Å². The predicted octanol–water partition coefficient (Wildman–Crippen LogP) is 2.04. The number of carbonyl (C=O) groups excluding carboxylic acids is 1. The molecule has 144 valence electrons. The van der Waals surface area contributed by atoms with Gasteiger partial charge in [-0.05, 0) is 6.07 Å². The summed E-state index contributed by atoms with van der Waals surface area (Å²) >= 11 is 0. The Hall–Kier alpha value is -1.84. The number of alkyl halides is 3. The van der Waals surface area contributed by atoms with E-state index in [0.717, 1.165) is 0 Å². The van der Waals surface area contributed by atoms with Gasteiger partial charge in [0.2, 0.25) is 5.91 Å². The number of halogens is 3. The largest absolute Gasteiger partial charge is 0.573 e. The second-order valence-corrected chi connectivity index (χ2v) is 6.32. The summed E-state index contributed by atoms with van der Waals surface area (Å²) in [5.41, 5.74) is 0.267. The highest BCUT2D eigenvalue weighted by Gasteiger charge is 2.40. The van der Waals surface area contributed by atoms with Crippen LogP contribution >= 0.6 is 0 Å². The number of hydrogen-bond acceptors (Lipinski definition) is 5. The molecule has 0 saturated carbocycles. The molecule has 0 bridgehead atoms. The average molecular weight is 374 g/mol. The second kappa shape index (κ2) is 7.81. The quantitative estimate of drug-likeness (QED) is 0.855. The van der Waals surface area contributed by atoms with E-state index in [9.17, 15) is 18.0 Å². The predicted molar refractivity (Wildman–Crippen MR) is 85.3 cm³/mol. The number of benzene rings is 1. The van der Waals surface area contributed by atoms with Crippen LogP contribution in [0.2, 0.25) is 0 Å². The molecule has 26 heavy (non-hydrogen) atoms. The number of nitrogens with zero attached hydrogens (tertiary/aromatic N) is 1. The molecule has 9 heteroatoms. The Labute approximate surface area is 149 Å². The Balaban J connectivity index is 1.46. The fourth-order valence-corrected chi connectivity index (χ4v) is 3.16. The van der Waals surface area contributed by atoms with Gasteiger partial charge >= 0.3 is 6.36 Å². The average Bonchev–Trinajstić information content (AvgIpc) is 3.03. The third-order valence-corrected chi connectivity index (χ3v) is 4.47. The van der Waals surface area contributed by atoms with Gasteiger partial charge in [0.15, 0.2) is 5.79 Å². The van der Waals surface area contributed by atoms with E-state index in [2.05, 4.69) is 10.1 Å². The lowest BCUT2D eigenvalue weighted by atomic mass is 10.0. The van der Waals surface area contributed by atoms with Gasteiger partial charge < -0.3 is 19.5 Å². The van der Waals surface area contributed by atoms with Gasteiger partial charge in [-0.1, -0.05) is 18.2 Å². The summed E-state index contributed by atoms with van der Waals surface area (Å²) in [6, 6.07) is 5.75. The molecule has 1 N–H and O–H groups in total. The molecule has 0 aliphatic carbocycles. The van der Waals surface area contributed by atoms with Crippen molar-refractivity contribution < 1.29 is 32.2 Å². The highest BCUT2D eigenvalue weighted by molar-refractivity contribution is 5.78. The second-order valence-electron chi connectivity index (χ2n) is 6.32. The van der Waals surface area contributed by atoms with Gasteiger partial charge in [-0.3, -0.25) is 9.69 Å². The van der Waals surface area contributed by atoms with Gasteiger partial charge in [-0.25, -0.2) is 0 Å². The molecular formula is C17H21F3N2O4. The van der Waals surface area contributed by atoms with Crippen LogP contribution in [-0.2, 0) is 20.8 Å². The Kier molecular flexibility index (Phi) is 5.69. The molecule has 3 rings (SSSR count). The Bertz CT molecular complexity index is 623. The van der Waals surface area contributed by atoms with Crippen LogP contribution in [0.25, 0.3) is 0 Å². The summed E-state index contributed by atoms with van der Waals surface area (Å²) < 4.78 is 52.5. The van der Waals surface area contributed by atoms with Crippen molar-refractivity contribution in [1.82, 2.24) is 10.2 Å². The first-order valence-electron chi connectivity index (χ1n) is 8.46. The number of nitrogens with one attached hydrogen (secondary N) is 1. The molecular weight excluding hydrogens is 353 g/mol. The number of para-hydroxylation sites is 1. The van der Waals surface area contributed by atoms with E-state index >= 15 is 0 Å². The van der Waals surface area contributed by atoms with Gasteiger partial charge in [-0.15, -0.1) is 13.2 Å². The smallest absolute Gasteiger partial charge is 0.405 e. The summed E-state index contributed by atoms with van der Waals surface area (Å²) in [5.74, 6) is -1.06. The summed E-state index contributed by atoms with van der Waals surface area (Å²) in [5, 5.41) is 2.64. The summed E-state index contributed by atoms with van der Waals surface area (Å²) in [6.45, 7) is 2.68. The maximum atomic E-state index is 12.4. The van der Waals surface area contributed by atoms with Crippen molar-refractivity contribution in [3.63, 3.8) is 0 Å². The lowest BCUT2D eigenvalue weighted by Crippen LogP contribution is -2.48. The number of likely N-dealkylation sites (tertiary alicyclic amines) is 1. The van der Waals surface area contributed by atoms with Crippen molar-refractivity contribution in [2.24, 2.45) is 0 Å². The molecule has 1 spiro atoms. The highest BCUT2D eigenvalue weighted by atomic mass is 19.4. The van der Waals surface area contributed by atoms with Crippen LogP contribution in [0.15, 0.2) is 24.3 Å². The van der Waals surface area contributed by atoms with Gasteiger partial charge in [0, 0.05) is 38.0 Å². The molecule has 0 atom stereocenters. The number of carbonyl (C=O) groups is 1. The van der Waals surface area contributed by atoms with Crippen LogP contribution in [0.3, 0.4) is 0 Å². The van der Waals surface area contributed by atoms with Crippen molar-refractivity contribution in [2.45, 2.75) is 31.5 Å². The minimum atomic E-state index is -4.77. The van der Waals surface area contributed by atoms with Crippen LogP contribution < -0.4 is 10.1 Å². The van der Waals surface area contributed by atoms with Crippen molar-refractivity contribution in [3.05, 3.63) is 29.8 Å². The van der Waals surface area contributed by atoms with E-state index in [1.165, 1.54) is 18.2 Å². The van der Waals surface area contributed by atoms with Crippen molar-refractivity contribution >= 4 is 5.91 Å². The number of piperidine rings is 1. The highest BCUT2D eigenvalue weighted by Crippen LogP contribution is 2.31. The van der Waals surface area contributed by atoms with Gasteiger partial charge in [0.05, 0.1) is 19.8 Å². The lowest BCUT2D eigenvalue weighted by molar-refractivity contribution is -0.274. The van der Waals surface area contributed by atoms with E-state index < -0.39 is 12.1 Å². The van der Waals surface area contributed by atoms with Gasteiger partial charge in [0.1, 0.15) is 5.75 Å². The fourth-order valence-electron chi connectivity index (χ4n) is 3.16. The number of rotatable bonds is 5. The molecule has 1 aromatic rings. The van der Waals surface area contributed by atoms with E-state index in [1.54, 1.807) is 6.07 Å². The minimum absolute atomic E-state index is 0.0327. The van der Waals surface area contributed by atoms with Gasteiger partial charge in [0.25, 0.3) is 0 Å². The Morgan fingerprint density at radius 2 is 1.85 bits per heavy atom. The Morgan fingerprint density at radius 3 is 2.50 bits per heavy atom. The summed E-state index contributed by atoms with van der Waals surface area (Å²) in [4.78, 5) is 14.1. The van der Waals surface area contributed by atoms with Crippen molar-refractivity contribution in [3.8, 4) is 5.75 Å². The minimum Gasteiger partial charge on any atom is -0.405 e. The molecule has 2 aliphatic rings. The summed E-state index contributed by atoms with van der Waals surface area (Å²) in [7, 11) is 0. The van der Waals surface area contributed by atoms with E-state index in [4.69, 9.17) is 9.47 Å². The van der Waals surface area contributed by atoms with Crippen LogP contribution in [0.1, 0.15) is 18.4 Å². The molecule has 2 aliphatic heterocycles. The van der Waals surface area contributed by atoms with E-state index in [-0.39, 0.29) is 30.3 Å². The third-order valence-electron chi connectivity index (χ3n) is 4.47. The molecule has 1 amide bonds. The third kappa shape index (κ3) is 5.09. The number of hydrogen-bond donors (Lipinski definition) is 1. The zero-order chi connectivity index (χ0) is 18.6. The molecule has 6 nitrogen and oxygen atoms in total. The van der Waals surface area contributed by atoms with Crippen LogP contribution in [0, 0.1) is 0 Å². The van der Waals surface area contributed by atoms with Crippen molar-refractivity contribution in [2.75, 3.05) is 32.8 Å². The summed E-state index contributed by atoms with van der Waals surface area (Å²) in [6.07, 6.45) is -3.38. The standard InChI is InChI=1S/C17H21F3N2O4/c18-17(19,20)26-14-4-2-1-3-13(14)11-21-15(23)12-22-7-5-16(6-8-22)24-9-10-25-16/h1-4H,5-12H2,(H,21,23). The first-order valence-corrected chi connectivity index (χ1v) is 8.46. The first kappa shape index (κ1) is 18.9. The maximum absolute atomic E-state index is 12.4. The first-order chi connectivity index (χ1) is 12.4. The maximum Gasteiger partial charge on any atom is 0.573 e. The fraction of sp³-hybridized carbons (Fsp3) is 0.588. The molecule has 2 fully saturated rings. The Morgan fingerprint density at radius 1 is 1.19 bits per heavy atom.